The molecule has 0 aliphatic rings. The summed E-state index contributed by atoms with van der Waals surface area (Å²) in [5, 5.41) is 29.0. The Morgan fingerprint density at radius 1 is 1.41 bits per heavy atom. The van der Waals surface area contributed by atoms with Crippen molar-refractivity contribution in [3.8, 4) is 0 Å². The summed E-state index contributed by atoms with van der Waals surface area (Å²) in [6.45, 7) is 1.36. The number of nitrogens with two attached hydrogens (primary N) is 1. The van der Waals surface area contributed by atoms with Gasteiger partial charge in [-0.25, -0.2) is 4.63 Å². The lowest BCUT2D eigenvalue weighted by atomic mass is 10.1. The monoisotopic (exact) mass is 238 g/mol. The molecule has 0 radical (unpaired) electrons. The number of nitrogens with one attached hydrogen (secondary N) is 1. The van der Waals surface area contributed by atoms with Gasteiger partial charge in [0.05, 0.1) is 18.0 Å². The number of nitrogen functional groups attached to an aromatic ring is 1. The van der Waals surface area contributed by atoms with Crippen LogP contribution in [0.3, 0.4) is 0 Å². The molecule has 17 heavy (non-hydrogen) atoms. The Kier molecular flexibility index (Phi) is 2.86. The predicted molar refractivity (Wildman–Crippen MR) is 62.4 cm³/mol. The minimum Gasteiger partial charge on any atom is -0.397 e. The summed E-state index contributed by atoms with van der Waals surface area (Å²) in [6, 6.07) is 3.39. The highest BCUT2D eigenvalue weighted by atomic mass is 16.6. The highest BCUT2D eigenvalue weighted by molar-refractivity contribution is 5.94. The first-order valence-electron chi connectivity index (χ1n) is 5.11. The molecule has 2 aromatic rings. The predicted octanol–water partition coefficient (Wildman–Crippen LogP) is -0.0398. The Balaban J connectivity index is 2.25. The molecule has 0 aliphatic heterocycles. The fourth-order valence-corrected chi connectivity index (χ4v) is 1.37. The van der Waals surface area contributed by atoms with Crippen LogP contribution in [0.1, 0.15) is 6.92 Å². The summed E-state index contributed by atoms with van der Waals surface area (Å²) in [6.07, 6.45) is 0. The summed E-state index contributed by atoms with van der Waals surface area (Å²) in [5.74, 6) is 0. The van der Waals surface area contributed by atoms with Gasteiger partial charge in [-0.1, -0.05) is 0 Å². The number of hydrogen-bond donors (Lipinski definition) is 4. The zero-order valence-electron chi connectivity index (χ0n) is 9.34. The topological polar surface area (TPSA) is 117 Å². The van der Waals surface area contributed by atoms with Crippen LogP contribution in [0.15, 0.2) is 16.8 Å². The SMILES string of the molecule is CC(O)(CO)CNc1ccc(N)c2nonc12. The molecule has 0 amide bonds. The highest BCUT2D eigenvalue weighted by Crippen LogP contribution is 2.25. The van der Waals surface area contributed by atoms with Crippen LogP contribution in [0, 0.1) is 0 Å². The van der Waals surface area contributed by atoms with Crippen molar-refractivity contribution < 1.29 is 14.8 Å². The summed E-state index contributed by atoms with van der Waals surface area (Å²) >= 11 is 0. The minimum atomic E-state index is -1.20. The van der Waals surface area contributed by atoms with Gasteiger partial charge in [-0.05, 0) is 29.4 Å². The van der Waals surface area contributed by atoms with Gasteiger partial charge in [0.2, 0.25) is 0 Å². The van der Waals surface area contributed by atoms with Crippen LogP contribution in [0.4, 0.5) is 11.4 Å². The lowest BCUT2D eigenvalue weighted by Gasteiger charge is -2.21. The van der Waals surface area contributed by atoms with Crippen LogP contribution in [-0.4, -0.2) is 39.3 Å². The van der Waals surface area contributed by atoms with Gasteiger partial charge in [-0.2, -0.15) is 0 Å². The van der Waals surface area contributed by atoms with E-state index in [4.69, 9.17) is 10.8 Å². The Labute approximate surface area is 97.2 Å². The average molecular weight is 238 g/mol. The maximum absolute atomic E-state index is 9.67. The van der Waals surface area contributed by atoms with Gasteiger partial charge in [-0.3, -0.25) is 0 Å². The molecule has 0 saturated carbocycles. The van der Waals surface area contributed by atoms with Crippen molar-refractivity contribution in [3.63, 3.8) is 0 Å². The van der Waals surface area contributed by atoms with Gasteiger partial charge >= 0.3 is 0 Å². The van der Waals surface area contributed by atoms with E-state index >= 15 is 0 Å². The van der Waals surface area contributed by atoms with Crippen molar-refractivity contribution in [1.82, 2.24) is 10.3 Å². The Bertz CT molecular complexity index is 523. The number of benzene rings is 1. The third-order valence-corrected chi connectivity index (χ3v) is 2.45. The number of aliphatic hydroxyl groups excluding tert-OH is 1. The normalized spacial score (nSPS) is 14.8. The van der Waals surface area contributed by atoms with Crippen molar-refractivity contribution >= 4 is 22.4 Å². The van der Waals surface area contributed by atoms with Crippen LogP contribution in [0.2, 0.25) is 0 Å². The number of anilines is 2. The zero-order chi connectivity index (χ0) is 12.5. The molecule has 0 aliphatic carbocycles. The van der Waals surface area contributed by atoms with E-state index in [2.05, 4.69) is 20.3 Å². The maximum atomic E-state index is 9.67. The highest BCUT2D eigenvalue weighted by Gasteiger charge is 2.19. The molecule has 7 nitrogen and oxygen atoms in total. The lowest BCUT2D eigenvalue weighted by Crippen LogP contribution is -2.37. The first-order chi connectivity index (χ1) is 8.03. The Hall–Kier alpha value is -1.86. The van der Waals surface area contributed by atoms with Gasteiger partial charge in [0, 0.05) is 6.54 Å². The van der Waals surface area contributed by atoms with E-state index in [0.717, 1.165) is 0 Å². The molecule has 0 bridgehead atoms. The molecular formula is C10H14N4O3. The summed E-state index contributed by atoms with van der Waals surface area (Å²) in [5.41, 5.74) is 6.58. The number of hydrogen-bond acceptors (Lipinski definition) is 7. The summed E-state index contributed by atoms with van der Waals surface area (Å²) in [4.78, 5) is 0. The molecule has 5 N–H and O–H groups in total. The van der Waals surface area contributed by atoms with Crippen molar-refractivity contribution in [3.05, 3.63) is 12.1 Å². The van der Waals surface area contributed by atoms with E-state index in [-0.39, 0.29) is 13.2 Å². The zero-order valence-corrected chi connectivity index (χ0v) is 9.34. The van der Waals surface area contributed by atoms with E-state index in [1.54, 1.807) is 12.1 Å². The number of nitrogens with zero attached hydrogens (tertiary/aromatic N) is 2. The first kappa shape index (κ1) is 11.6. The minimum absolute atomic E-state index is 0.176. The van der Waals surface area contributed by atoms with E-state index < -0.39 is 5.60 Å². The molecule has 92 valence electrons. The standard InChI is InChI=1S/C10H14N4O3/c1-10(16,5-15)4-12-7-3-2-6(11)8-9(7)14-17-13-8/h2-3,12,15-16H,4-5,11H2,1H3. The van der Waals surface area contributed by atoms with Gasteiger partial charge in [0.15, 0.2) is 11.0 Å². The van der Waals surface area contributed by atoms with Crippen LogP contribution in [-0.2, 0) is 0 Å². The van der Waals surface area contributed by atoms with E-state index in [1.807, 2.05) is 0 Å². The molecule has 1 heterocycles. The molecule has 1 unspecified atom stereocenters. The van der Waals surface area contributed by atoms with Crippen LogP contribution < -0.4 is 11.1 Å². The summed E-state index contributed by atoms with van der Waals surface area (Å²) < 4.78 is 4.61. The van der Waals surface area contributed by atoms with Crippen molar-refractivity contribution in [1.29, 1.82) is 0 Å². The van der Waals surface area contributed by atoms with Crippen molar-refractivity contribution in [2.75, 3.05) is 24.2 Å². The molecule has 0 saturated heterocycles. The van der Waals surface area contributed by atoms with Crippen LogP contribution in [0.25, 0.3) is 11.0 Å². The fraction of sp³-hybridized carbons (Fsp3) is 0.400. The van der Waals surface area contributed by atoms with Gasteiger partial charge in [-0.15, -0.1) is 0 Å². The second kappa shape index (κ2) is 4.19. The lowest BCUT2D eigenvalue weighted by molar-refractivity contribution is 0.0132. The molecule has 1 atom stereocenters. The third kappa shape index (κ3) is 2.29. The van der Waals surface area contributed by atoms with E-state index in [0.29, 0.717) is 22.4 Å². The molecule has 0 fully saturated rings. The number of rotatable bonds is 4. The molecule has 1 aromatic carbocycles. The second-order valence-electron chi connectivity index (χ2n) is 4.17. The quantitative estimate of drug-likeness (QED) is 0.552. The second-order valence-corrected chi connectivity index (χ2v) is 4.17. The number of aliphatic hydroxyl groups is 2. The molecular weight excluding hydrogens is 224 g/mol. The van der Waals surface area contributed by atoms with Crippen molar-refractivity contribution in [2.24, 2.45) is 0 Å². The first-order valence-corrected chi connectivity index (χ1v) is 5.11. The summed E-state index contributed by atoms with van der Waals surface area (Å²) in [7, 11) is 0. The van der Waals surface area contributed by atoms with Gasteiger partial charge in [0.25, 0.3) is 0 Å². The fourth-order valence-electron chi connectivity index (χ4n) is 1.37. The third-order valence-electron chi connectivity index (χ3n) is 2.45. The van der Waals surface area contributed by atoms with Gasteiger partial charge in [0.1, 0.15) is 5.60 Å². The molecule has 2 rings (SSSR count). The Morgan fingerprint density at radius 3 is 2.82 bits per heavy atom. The van der Waals surface area contributed by atoms with Crippen LogP contribution >= 0.6 is 0 Å². The Morgan fingerprint density at radius 2 is 2.12 bits per heavy atom. The van der Waals surface area contributed by atoms with E-state index in [1.165, 1.54) is 6.92 Å². The molecule has 1 aromatic heterocycles. The van der Waals surface area contributed by atoms with Crippen LogP contribution in [0.5, 0.6) is 0 Å². The molecule has 0 spiro atoms. The maximum Gasteiger partial charge on any atom is 0.160 e. The largest absolute Gasteiger partial charge is 0.397 e. The smallest absolute Gasteiger partial charge is 0.160 e. The average Bonchev–Trinajstić information content (AvgIpc) is 2.78. The van der Waals surface area contributed by atoms with Gasteiger partial charge < -0.3 is 21.3 Å². The van der Waals surface area contributed by atoms with E-state index in [9.17, 15) is 5.11 Å². The number of fused-ring (bicyclic) bond motifs is 1. The molecule has 7 heteroatoms. The van der Waals surface area contributed by atoms with Crippen molar-refractivity contribution in [2.45, 2.75) is 12.5 Å². The number of aromatic nitrogens is 2.